The number of pyridine rings is 1. The highest BCUT2D eigenvalue weighted by Crippen LogP contribution is 2.35. The van der Waals surface area contributed by atoms with Crippen molar-refractivity contribution in [1.82, 2.24) is 24.9 Å². The minimum absolute atomic E-state index is 0.0661. The molecule has 1 aromatic carbocycles. The van der Waals surface area contributed by atoms with Gasteiger partial charge in [0.2, 0.25) is 5.95 Å². The Kier molecular flexibility index (Phi) is 6.86. The van der Waals surface area contributed by atoms with Crippen molar-refractivity contribution in [2.45, 2.75) is 0 Å². The molecule has 33 heavy (non-hydrogen) atoms. The van der Waals surface area contributed by atoms with Crippen LogP contribution in [0.25, 0.3) is 22.5 Å². The van der Waals surface area contributed by atoms with Gasteiger partial charge in [-0.1, -0.05) is 23.2 Å². The summed E-state index contributed by atoms with van der Waals surface area (Å²) in [6.07, 6.45) is 7.66. The molecule has 3 heterocycles. The highest BCUT2D eigenvalue weighted by atomic mass is 35.5. The van der Waals surface area contributed by atoms with E-state index in [1.165, 1.54) is 12.3 Å². The quantitative estimate of drug-likeness (QED) is 0.207. The number of nitrogens with zero attached hydrogens (tertiary/aromatic N) is 6. The van der Waals surface area contributed by atoms with Crippen molar-refractivity contribution in [1.29, 1.82) is 0 Å². The van der Waals surface area contributed by atoms with Crippen molar-refractivity contribution in [2.75, 3.05) is 23.7 Å². The number of nitrogens with one attached hydrogen (secondary N) is 2. The normalized spacial score (nSPS) is 10.6. The number of nitro groups is 1. The first kappa shape index (κ1) is 22.3. The molecule has 0 unspecified atom stereocenters. The fourth-order valence-electron chi connectivity index (χ4n) is 2.94. The second kappa shape index (κ2) is 10.2. The summed E-state index contributed by atoms with van der Waals surface area (Å²) in [5.41, 5.74) is 2.48. The molecule has 4 aromatic rings. The third-order valence-electron chi connectivity index (χ3n) is 4.49. The lowest BCUT2D eigenvalue weighted by Gasteiger charge is -2.13. The average molecular weight is 483 g/mol. The Hall–Kier alpha value is -3.89. The Labute approximate surface area is 198 Å². The number of aromatic nitrogens is 5. The van der Waals surface area contributed by atoms with Crippen LogP contribution in [0.4, 0.5) is 17.5 Å². The Morgan fingerprint density at radius 2 is 1.76 bits per heavy atom. The van der Waals surface area contributed by atoms with Crippen LogP contribution in [0, 0.1) is 10.1 Å². The third kappa shape index (κ3) is 5.48. The predicted octanol–water partition coefficient (Wildman–Crippen LogP) is 4.73. The first-order valence-corrected chi connectivity index (χ1v) is 10.4. The van der Waals surface area contributed by atoms with E-state index in [0.717, 1.165) is 0 Å². The Morgan fingerprint density at radius 1 is 0.909 bits per heavy atom. The molecule has 0 fully saturated rings. The van der Waals surface area contributed by atoms with Gasteiger partial charge in [-0.2, -0.15) is 0 Å². The SMILES string of the molecule is O=[N+]([O-])c1ccc(NCCNc2ncc(-c3cnccn3)c(-c3ccc(Cl)cc3Cl)n2)nc1. The topological polar surface area (TPSA) is 132 Å². The average Bonchev–Trinajstić information content (AvgIpc) is 2.83. The third-order valence-corrected chi connectivity index (χ3v) is 5.03. The molecule has 0 saturated carbocycles. The van der Waals surface area contributed by atoms with Crippen LogP contribution in [-0.2, 0) is 0 Å². The summed E-state index contributed by atoms with van der Waals surface area (Å²) in [6.45, 7) is 0.952. The number of hydrogen-bond donors (Lipinski definition) is 2. The molecule has 0 aliphatic heterocycles. The summed E-state index contributed by atoms with van der Waals surface area (Å²) in [5, 5.41) is 17.9. The van der Waals surface area contributed by atoms with Crippen molar-refractivity contribution >= 4 is 40.7 Å². The molecule has 10 nitrogen and oxygen atoms in total. The zero-order chi connectivity index (χ0) is 23.2. The van der Waals surface area contributed by atoms with Crippen LogP contribution in [0.1, 0.15) is 0 Å². The van der Waals surface area contributed by atoms with Gasteiger partial charge in [-0.3, -0.25) is 20.1 Å². The van der Waals surface area contributed by atoms with Crippen LogP contribution >= 0.6 is 23.2 Å². The van der Waals surface area contributed by atoms with Gasteiger partial charge in [-0.05, 0) is 24.3 Å². The van der Waals surface area contributed by atoms with Crippen molar-refractivity contribution in [3.05, 3.63) is 81.5 Å². The molecular weight excluding hydrogens is 467 g/mol. The van der Waals surface area contributed by atoms with E-state index in [0.29, 0.717) is 57.4 Å². The van der Waals surface area contributed by atoms with Gasteiger partial charge in [0.1, 0.15) is 12.0 Å². The largest absolute Gasteiger partial charge is 0.368 e. The highest BCUT2D eigenvalue weighted by Gasteiger charge is 2.16. The molecular formula is C21H16Cl2N8O2. The maximum atomic E-state index is 10.7. The molecule has 0 atom stereocenters. The van der Waals surface area contributed by atoms with E-state index in [9.17, 15) is 10.1 Å². The number of anilines is 2. The monoisotopic (exact) mass is 482 g/mol. The molecule has 0 aliphatic rings. The highest BCUT2D eigenvalue weighted by molar-refractivity contribution is 6.36. The van der Waals surface area contributed by atoms with E-state index < -0.39 is 4.92 Å². The minimum atomic E-state index is -0.495. The standard InChI is InChI=1S/C21H16Cl2N8O2/c22-13-1-3-15(17(23)9-13)20-16(18-12-24-5-6-25-18)11-29-21(30-20)27-8-7-26-19-4-2-14(10-28-19)31(32)33/h1-6,9-12H,7-8H2,(H,26,28)(H,27,29,30). The Balaban J connectivity index is 1.51. The molecule has 0 saturated heterocycles. The molecule has 3 aromatic heterocycles. The Morgan fingerprint density at radius 3 is 2.45 bits per heavy atom. The summed E-state index contributed by atoms with van der Waals surface area (Å²) in [4.78, 5) is 31.7. The summed E-state index contributed by atoms with van der Waals surface area (Å²) in [5.74, 6) is 0.914. The predicted molar refractivity (Wildman–Crippen MR) is 126 cm³/mol. The molecule has 166 valence electrons. The second-order valence-electron chi connectivity index (χ2n) is 6.68. The second-order valence-corrected chi connectivity index (χ2v) is 7.53. The lowest BCUT2D eigenvalue weighted by molar-refractivity contribution is -0.385. The van der Waals surface area contributed by atoms with Gasteiger partial charge in [0.15, 0.2) is 0 Å². The zero-order valence-corrected chi connectivity index (χ0v) is 18.5. The number of halogens is 2. The molecule has 0 spiro atoms. The van der Waals surface area contributed by atoms with Gasteiger partial charge in [-0.15, -0.1) is 0 Å². The van der Waals surface area contributed by atoms with E-state index >= 15 is 0 Å². The van der Waals surface area contributed by atoms with Crippen LogP contribution in [0.15, 0.2) is 61.3 Å². The van der Waals surface area contributed by atoms with Gasteiger partial charge >= 0.3 is 0 Å². The van der Waals surface area contributed by atoms with E-state index in [1.54, 1.807) is 49.1 Å². The number of hydrogen-bond acceptors (Lipinski definition) is 9. The van der Waals surface area contributed by atoms with Crippen molar-refractivity contribution in [2.24, 2.45) is 0 Å². The summed E-state index contributed by atoms with van der Waals surface area (Å²) in [6, 6.07) is 8.11. The molecule has 0 radical (unpaired) electrons. The van der Waals surface area contributed by atoms with Crippen molar-refractivity contribution < 1.29 is 4.92 Å². The molecule has 0 aliphatic carbocycles. The lowest BCUT2D eigenvalue weighted by atomic mass is 10.1. The molecule has 0 bridgehead atoms. The van der Waals surface area contributed by atoms with Crippen LogP contribution in [0.2, 0.25) is 10.0 Å². The van der Waals surface area contributed by atoms with E-state index in [1.807, 2.05) is 0 Å². The van der Waals surface area contributed by atoms with E-state index in [-0.39, 0.29) is 5.69 Å². The number of benzene rings is 1. The van der Waals surface area contributed by atoms with E-state index in [4.69, 9.17) is 23.2 Å². The van der Waals surface area contributed by atoms with Gasteiger partial charge in [0.05, 0.1) is 27.5 Å². The maximum absolute atomic E-state index is 10.7. The molecule has 4 rings (SSSR count). The van der Waals surface area contributed by atoms with Crippen LogP contribution in [-0.4, -0.2) is 42.9 Å². The maximum Gasteiger partial charge on any atom is 0.287 e. The fraction of sp³-hybridized carbons (Fsp3) is 0.0952. The van der Waals surface area contributed by atoms with Crippen molar-refractivity contribution in [3.63, 3.8) is 0 Å². The fourth-order valence-corrected chi connectivity index (χ4v) is 3.44. The molecule has 2 N–H and O–H groups in total. The lowest BCUT2D eigenvalue weighted by Crippen LogP contribution is -2.16. The smallest absolute Gasteiger partial charge is 0.287 e. The van der Waals surface area contributed by atoms with Crippen LogP contribution in [0.3, 0.4) is 0 Å². The first-order chi connectivity index (χ1) is 16.0. The van der Waals surface area contributed by atoms with Crippen LogP contribution < -0.4 is 10.6 Å². The van der Waals surface area contributed by atoms with E-state index in [2.05, 4.69) is 35.6 Å². The summed E-state index contributed by atoms with van der Waals surface area (Å²) >= 11 is 12.5. The first-order valence-electron chi connectivity index (χ1n) is 9.68. The van der Waals surface area contributed by atoms with Gasteiger partial charge < -0.3 is 10.6 Å². The Bertz CT molecular complexity index is 1270. The molecule has 12 heteroatoms. The molecule has 0 amide bonds. The summed E-state index contributed by atoms with van der Waals surface area (Å²) in [7, 11) is 0. The van der Waals surface area contributed by atoms with Gasteiger partial charge in [-0.25, -0.2) is 15.0 Å². The van der Waals surface area contributed by atoms with Crippen molar-refractivity contribution in [3.8, 4) is 22.5 Å². The van der Waals surface area contributed by atoms with Gasteiger partial charge in [0.25, 0.3) is 5.69 Å². The minimum Gasteiger partial charge on any atom is -0.368 e. The van der Waals surface area contributed by atoms with Gasteiger partial charge in [0, 0.05) is 53.9 Å². The van der Waals surface area contributed by atoms with Crippen LogP contribution in [0.5, 0.6) is 0 Å². The summed E-state index contributed by atoms with van der Waals surface area (Å²) < 4.78 is 0. The number of rotatable bonds is 8. The zero-order valence-electron chi connectivity index (χ0n) is 16.9.